The first-order valence-corrected chi connectivity index (χ1v) is 8.56. The second-order valence-corrected chi connectivity index (χ2v) is 8.48. The summed E-state index contributed by atoms with van der Waals surface area (Å²) in [5.74, 6) is 0.489. The summed E-state index contributed by atoms with van der Waals surface area (Å²) in [6.45, 7) is 0. The number of hydrogen-bond acceptors (Lipinski definition) is 5. The summed E-state index contributed by atoms with van der Waals surface area (Å²) in [5.41, 5.74) is 0.761. The fourth-order valence-electron chi connectivity index (χ4n) is 2.41. The number of nitrogens with zero attached hydrogens (tertiary/aromatic N) is 1. The molecule has 2 heterocycles. The van der Waals surface area contributed by atoms with Gasteiger partial charge in [0.15, 0.2) is 9.84 Å². The molecule has 0 aliphatic carbocycles. The van der Waals surface area contributed by atoms with Crippen LogP contribution < -0.4 is 4.90 Å². The van der Waals surface area contributed by atoms with E-state index in [0.29, 0.717) is 4.32 Å². The van der Waals surface area contributed by atoms with Crippen molar-refractivity contribution < 1.29 is 13.5 Å². The van der Waals surface area contributed by atoms with E-state index in [1.54, 1.807) is 18.2 Å². The molecule has 0 unspecified atom stereocenters. The second kappa shape index (κ2) is 4.11. The highest BCUT2D eigenvalue weighted by atomic mass is 32.2. The summed E-state index contributed by atoms with van der Waals surface area (Å²) in [6, 6.07) is 6.65. The van der Waals surface area contributed by atoms with Crippen LogP contribution in [0.15, 0.2) is 24.3 Å². The predicted molar refractivity (Wildman–Crippen MR) is 77.0 cm³/mol. The maximum absolute atomic E-state index is 11.7. The Bertz CT molecular complexity index is 614. The van der Waals surface area contributed by atoms with Crippen molar-refractivity contribution in [1.29, 1.82) is 0 Å². The Morgan fingerprint density at radius 3 is 2.89 bits per heavy atom. The average molecular weight is 301 g/mol. The summed E-state index contributed by atoms with van der Waals surface area (Å²) < 4.78 is 24.0. The van der Waals surface area contributed by atoms with Gasteiger partial charge in [0.25, 0.3) is 0 Å². The van der Waals surface area contributed by atoms with E-state index in [1.807, 2.05) is 11.0 Å². The SMILES string of the molecule is O=S1(=O)C[C@H]2SC(=S)N(c3cccc(O)c3)[C@H]2C1. The first-order chi connectivity index (χ1) is 8.46. The Morgan fingerprint density at radius 1 is 1.39 bits per heavy atom. The number of phenols is 1. The van der Waals surface area contributed by atoms with Gasteiger partial charge < -0.3 is 10.0 Å². The van der Waals surface area contributed by atoms with Crippen molar-refractivity contribution in [3.8, 4) is 5.75 Å². The van der Waals surface area contributed by atoms with Crippen LogP contribution in [-0.2, 0) is 9.84 Å². The first kappa shape index (κ1) is 12.3. The van der Waals surface area contributed by atoms with Gasteiger partial charge in [0.2, 0.25) is 0 Å². The third-order valence-corrected chi connectivity index (χ3v) is 6.76. The van der Waals surface area contributed by atoms with Crippen molar-refractivity contribution >= 4 is 43.8 Å². The van der Waals surface area contributed by atoms with Crippen LogP contribution in [0, 0.1) is 0 Å². The third-order valence-electron chi connectivity index (χ3n) is 3.16. The molecule has 0 spiro atoms. The van der Waals surface area contributed by atoms with Gasteiger partial charge >= 0.3 is 0 Å². The van der Waals surface area contributed by atoms with Crippen molar-refractivity contribution in [2.45, 2.75) is 11.3 Å². The lowest BCUT2D eigenvalue weighted by atomic mass is 10.2. The summed E-state index contributed by atoms with van der Waals surface area (Å²) in [7, 11) is -2.96. The van der Waals surface area contributed by atoms with Gasteiger partial charge in [0, 0.05) is 17.0 Å². The van der Waals surface area contributed by atoms with Gasteiger partial charge in [-0.25, -0.2) is 8.42 Å². The molecule has 3 rings (SSSR count). The quantitative estimate of drug-likeness (QED) is 0.791. The van der Waals surface area contributed by atoms with Gasteiger partial charge in [-0.15, -0.1) is 0 Å². The number of benzene rings is 1. The minimum Gasteiger partial charge on any atom is -0.508 e. The lowest BCUT2D eigenvalue weighted by Gasteiger charge is -2.24. The van der Waals surface area contributed by atoms with Gasteiger partial charge in [-0.3, -0.25) is 0 Å². The molecule has 18 heavy (non-hydrogen) atoms. The Kier molecular flexibility index (Phi) is 2.80. The standard InChI is InChI=1S/C11H11NO3S3/c13-8-3-1-2-7(4-8)12-9-5-18(14,15)6-10(9)17-11(12)16/h1-4,9-10,13H,5-6H2/t9-,10+/m0/s1. The average Bonchev–Trinajstić information content (AvgIpc) is 2.68. The minimum absolute atomic E-state index is 0.0184. The van der Waals surface area contributed by atoms with Crippen LogP contribution in [0.1, 0.15) is 0 Å². The normalized spacial score (nSPS) is 29.6. The number of rotatable bonds is 1. The molecule has 0 amide bonds. The molecule has 2 fully saturated rings. The predicted octanol–water partition coefficient (Wildman–Crippen LogP) is 1.40. The fraction of sp³-hybridized carbons (Fsp3) is 0.364. The van der Waals surface area contributed by atoms with Crippen molar-refractivity contribution in [1.82, 2.24) is 0 Å². The van der Waals surface area contributed by atoms with E-state index in [1.165, 1.54) is 11.8 Å². The third kappa shape index (κ3) is 2.00. The van der Waals surface area contributed by atoms with E-state index in [0.717, 1.165) is 5.69 Å². The molecular weight excluding hydrogens is 290 g/mol. The Balaban J connectivity index is 1.99. The molecule has 4 nitrogen and oxygen atoms in total. The summed E-state index contributed by atoms with van der Waals surface area (Å²) in [5, 5.41) is 9.53. The van der Waals surface area contributed by atoms with E-state index in [2.05, 4.69) is 0 Å². The van der Waals surface area contributed by atoms with Crippen molar-refractivity contribution in [2.24, 2.45) is 0 Å². The van der Waals surface area contributed by atoms with Gasteiger partial charge in [-0.1, -0.05) is 30.0 Å². The molecule has 7 heteroatoms. The molecule has 1 aromatic rings. The molecule has 96 valence electrons. The van der Waals surface area contributed by atoms with Crippen molar-refractivity contribution in [3.05, 3.63) is 24.3 Å². The number of fused-ring (bicyclic) bond motifs is 1. The monoisotopic (exact) mass is 301 g/mol. The molecule has 0 bridgehead atoms. The highest BCUT2D eigenvalue weighted by molar-refractivity contribution is 8.24. The summed E-state index contributed by atoms with van der Waals surface area (Å²) in [4.78, 5) is 1.86. The highest BCUT2D eigenvalue weighted by Crippen LogP contribution is 2.41. The van der Waals surface area contributed by atoms with Crippen LogP contribution in [0.25, 0.3) is 0 Å². The summed E-state index contributed by atoms with van der Waals surface area (Å²) in [6.07, 6.45) is 0. The number of anilines is 1. The number of hydrogen-bond donors (Lipinski definition) is 1. The van der Waals surface area contributed by atoms with E-state index < -0.39 is 9.84 Å². The molecule has 0 saturated carbocycles. The lowest BCUT2D eigenvalue weighted by Crippen LogP contribution is -2.36. The second-order valence-electron chi connectivity index (χ2n) is 4.46. The van der Waals surface area contributed by atoms with Crippen molar-refractivity contribution in [2.75, 3.05) is 16.4 Å². The van der Waals surface area contributed by atoms with E-state index >= 15 is 0 Å². The van der Waals surface area contributed by atoms with Crippen molar-refractivity contribution in [3.63, 3.8) is 0 Å². The molecule has 1 aromatic carbocycles. The van der Waals surface area contributed by atoms with E-state index in [4.69, 9.17) is 12.2 Å². The first-order valence-electron chi connectivity index (χ1n) is 5.45. The molecule has 2 aliphatic heterocycles. The summed E-state index contributed by atoms with van der Waals surface area (Å²) >= 11 is 6.75. The van der Waals surface area contributed by atoms with Crippen LogP contribution in [0.4, 0.5) is 5.69 Å². The number of phenolic OH excluding ortho intramolecular Hbond substituents is 1. The maximum Gasteiger partial charge on any atom is 0.153 e. The molecule has 2 aliphatic rings. The van der Waals surface area contributed by atoms with Gasteiger partial charge in [-0.05, 0) is 12.1 Å². The van der Waals surface area contributed by atoms with Crippen LogP contribution in [-0.4, -0.2) is 40.6 Å². The number of thioether (sulfide) groups is 1. The minimum atomic E-state index is -2.96. The molecule has 1 N–H and O–H groups in total. The maximum atomic E-state index is 11.7. The van der Waals surface area contributed by atoms with E-state index in [9.17, 15) is 13.5 Å². The number of aromatic hydroxyl groups is 1. The number of thiocarbonyl (C=S) groups is 1. The van der Waals surface area contributed by atoms with Crippen LogP contribution in [0.5, 0.6) is 5.75 Å². The zero-order valence-electron chi connectivity index (χ0n) is 9.31. The van der Waals surface area contributed by atoms with Crippen LogP contribution in [0.2, 0.25) is 0 Å². The highest BCUT2D eigenvalue weighted by Gasteiger charge is 2.48. The molecular formula is C11H11NO3S3. The smallest absolute Gasteiger partial charge is 0.153 e. The van der Waals surface area contributed by atoms with E-state index in [-0.39, 0.29) is 28.5 Å². The Hall–Kier alpha value is -0.790. The fourth-order valence-corrected chi connectivity index (χ4v) is 6.79. The van der Waals surface area contributed by atoms with Crippen LogP contribution in [0.3, 0.4) is 0 Å². The lowest BCUT2D eigenvalue weighted by molar-refractivity contribution is 0.475. The van der Waals surface area contributed by atoms with Gasteiger partial charge in [0.05, 0.1) is 17.5 Å². The number of sulfone groups is 1. The zero-order valence-corrected chi connectivity index (χ0v) is 11.8. The topological polar surface area (TPSA) is 57.6 Å². The van der Waals surface area contributed by atoms with Gasteiger partial charge in [-0.2, -0.15) is 0 Å². The van der Waals surface area contributed by atoms with Crippen LogP contribution >= 0.6 is 24.0 Å². The Morgan fingerprint density at radius 2 is 2.17 bits per heavy atom. The molecule has 2 saturated heterocycles. The zero-order chi connectivity index (χ0) is 12.9. The Labute approximate surface area is 115 Å². The van der Waals surface area contributed by atoms with Gasteiger partial charge in [0.1, 0.15) is 10.1 Å². The molecule has 2 atom stereocenters. The molecule has 0 aromatic heterocycles. The largest absolute Gasteiger partial charge is 0.508 e. The molecule has 0 radical (unpaired) electrons.